The first-order chi connectivity index (χ1) is 15.0. The normalized spacial score (nSPS) is 12.4. The largest absolute Gasteiger partial charge is 0.236 e. The molecule has 6 rings (SSSR count). The van der Waals surface area contributed by atoms with Crippen molar-refractivity contribution >= 4 is 53.2 Å². The first-order valence-electron chi connectivity index (χ1n) is 10.6. The minimum Gasteiger partial charge on any atom is -0.236 e. The lowest BCUT2D eigenvalue weighted by Crippen LogP contribution is -2.10. The van der Waals surface area contributed by atoms with Gasteiger partial charge >= 0.3 is 0 Å². The van der Waals surface area contributed by atoms with Crippen LogP contribution in [0.2, 0.25) is 0 Å². The number of benzene rings is 4. The molecule has 6 aromatic rings. The maximum absolute atomic E-state index is 4.80. The maximum Gasteiger partial charge on any atom is 0.128 e. The lowest BCUT2D eigenvalue weighted by molar-refractivity contribution is 0.591. The van der Waals surface area contributed by atoms with Crippen LogP contribution < -0.4 is 0 Å². The van der Waals surface area contributed by atoms with Crippen molar-refractivity contribution in [2.45, 2.75) is 26.2 Å². The average Bonchev–Trinajstić information content (AvgIpc) is 3.13. The molecule has 0 bridgehead atoms. The molecule has 0 unspecified atom stereocenters. The molecular weight excluding hydrogens is 396 g/mol. The number of hydrogen-bond donors (Lipinski definition) is 0. The molecule has 0 aliphatic carbocycles. The zero-order valence-corrected chi connectivity index (χ0v) is 18.6. The third kappa shape index (κ3) is 2.92. The third-order valence-electron chi connectivity index (χ3n) is 6.14. The Labute approximate surface area is 185 Å². The lowest BCUT2D eigenvalue weighted by atomic mass is 9.85. The van der Waals surface area contributed by atoms with Gasteiger partial charge in [-0.2, -0.15) is 0 Å². The lowest BCUT2D eigenvalue weighted by Gasteiger charge is -2.20. The quantitative estimate of drug-likeness (QED) is 0.269. The molecule has 2 heterocycles. The van der Waals surface area contributed by atoms with Crippen LogP contribution in [0.1, 0.15) is 26.3 Å². The summed E-state index contributed by atoms with van der Waals surface area (Å²) in [6.07, 6.45) is 1.70. The summed E-state index contributed by atoms with van der Waals surface area (Å²) in [4.78, 5) is 10.5. The van der Waals surface area contributed by atoms with Crippen molar-refractivity contribution in [1.29, 1.82) is 0 Å². The van der Waals surface area contributed by atoms with Gasteiger partial charge in [0.05, 0.1) is 5.69 Å². The van der Waals surface area contributed by atoms with Crippen LogP contribution in [-0.4, -0.2) is 9.97 Å². The predicted molar refractivity (Wildman–Crippen MR) is 134 cm³/mol. The van der Waals surface area contributed by atoms with E-state index in [4.69, 9.17) is 4.98 Å². The van der Waals surface area contributed by atoms with Crippen LogP contribution in [0, 0.1) is 0 Å². The fraction of sp³-hybridized carbons (Fsp3) is 0.143. The SMILES string of the molecule is CC(C)(C)c1ccc2c(-c3ncnc4sc5cc6ccccc6cc5c34)cccc2c1. The summed E-state index contributed by atoms with van der Waals surface area (Å²) < 4.78 is 1.26. The number of aromatic nitrogens is 2. The predicted octanol–water partition coefficient (Wildman–Crippen LogP) is 8.12. The molecule has 0 radical (unpaired) electrons. The molecule has 3 heteroatoms. The number of rotatable bonds is 1. The Morgan fingerprint density at radius 3 is 2.29 bits per heavy atom. The van der Waals surface area contributed by atoms with E-state index < -0.39 is 0 Å². The molecule has 0 aliphatic rings. The smallest absolute Gasteiger partial charge is 0.128 e. The number of nitrogens with zero attached hydrogens (tertiary/aromatic N) is 2. The summed E-state index contributed by atoms with van der Waals surface area (Å²) in [6.45, 7) is 6.77. The highest BCUT2D eigenvalue weighted by atomic mass is 32.1. The zero-order chi connectivity index (χ0) is 21.2. The minimum absolute atomic E-state index is 0.122. The van der Waals surface area contributed by atoms with Gasteiger partial charge in [0.2, 0.25) is 0 Å². The van der Waals surface area contributed by atoms with Gasteiger partial charge in [-0.3, -0.25) is 0 Å². The van der Waals surface area contributed by atoms with E-state index >= 15 is 0 Å². The third-order valence-corrected chi connectivity index (χ3v) is 7.20. The van der Waals surface area contributed by atoms with Crippen molar-refractivity contribution in [3.05, 3.63) is 84.7 Å². The van der Waals surface area contributed by atoms with E-state index in [9.17, 15) is 0 Å². The van der Waals surface area contributed by atoms with Crippen LogP contribution in [0.5, 0.6) is 0 Å². The van der Waals surface area contributed by atoms with Crippen molar-refractivity contribution in [2.75, 3.05) is 0 Å². The molecule has 31 heavy (non-hydrogen) atoms. The Kier molecular flexibility index (Phi) is 3.93. The van der Waals surface area contributed by atoms with Gasteiger partial charge in [0, 0.05) is 21.0 Å². The number of thiophene rings is 1. The topological polar surface area (TPSA) is 25.8 Å². The molecule has 0 atom stereocenters. The average molecular weight is 419 g/mol. The van der Waals surface area contributed by atoms with Crippen molar-refractivity contribution in [3.63, 3.8) is 0 Å². The summed E-state index contributed by atoms with van der Waals surface area (Å²) in [5.41, 5.74) is 3.65. The van der Waals surface area contributed by atoms with Crippen molar-refractivity contribution in [3.8, 4) is 11.3 Å². The van der Waals surface area contributed by atoms with Crippen LogP contribution >= 0.6 is 11.3 Å². The molecule has 2 nitrogen and oxygen atoms in total. The molecule has 2 aromatic heterocycles. The molecule has 0 amide bonds. The summed E-state index contributed by atoms with van der Waals surface area (Å²) in [5, 5.41) is 7.38. The second kappa shape index (κ2) is 6.60. The van der Waals surface area contributed by atoms with E-state index in [2.05, 4.69) is 98.6 Å². The van der Waals surface area contributed by atoms with Gasteiger partial charge in [-0.05, 0) is 44.7 Å². The Bertz CT molecular complexity index is 1620. The van der Waals surface area contributed by atoms with Crippen LogP contribution in [0.3, 0.4) is 0 Å². The molecule has 0 saturated heterocycles. The van der Waals surface area contributed by atoms with Crippen molar-refractivity contribution in [2.24, 2.45) is 0 Å². The second-order valence-electron chi connectivity index (χ2n) is 9.19. The van der Waals surface area contributed by atoms with Gasteiger partial charge in [0.1, 0.15) is 11.2 Å². The Morgan fingerprint density at radius 1 is 0.710 bits per heavy atom. The van der Waals surface area contributed by atoms with Crippen LogP contribution in [0.15, 0.2) is 79.1 Å². The Hall–Kier alpha value is -3.30. The molecule has 0 N–H and O–H groups in total. The van der Waals surface area contributed by atoms with Gasteiger partial charge < -0.3 is 0 Å². The molecule has 150 valence electrons. The van der Waals surface area contributed by atoms with E-state index in [0.717, 1.165) is 15.9 Å². The standard InChI is InChI=1S/C28H22N2S/c1-28(2,3)20-11-12-21-19(13-20)9-6-10-22(21)26-25-23-14-17-7-4-5-8-18(17)15-24(23)31-27(25)30-16-29-26/h4-16H,1-3H3. The summed E-state index contributed by atoms with van der Waals surface area (Å²) in [6, 6.07) is 26.4. The van der Waals surface area contributed by atoms with Crippen molar-refractivity contribution < 1.29 is 0 Å². The fourth-order valence-corrected chi connectivity index (χ4v) is 5.53. The van der Waals surface area contributed by atoms with E-state index in [-0.39, 0.29) is 5.41 Å². The fourth-order valence-electron chi connectivity index (χ4n) is 4.45. The van der Waals surface area contributed by atoms with Crippen LogP contribution in [0.4, 0.5) is 0 Å². The highest BCUT2D eigenvalue weighted by molar-refractivity contribution is 7.25. The van der Waals surface area contributed by atoms with Gasteiger partial charge in [0.25, 0.3) is 0 Å². The van der Waals surface area contributed by atoms with E-state index in [0.29, 0.717) is 0 Å². The van der Waals surface area contributed by atoms with Crippen LogP contribution in [0.25, 0.3) is 53.1 Å². The van der Waals surface area contributed by atoms with E-state index in [1.54, 1.807) is 17.7 Å². The molecule has 0 aliphatic heterocycles. The number of hydrogen-bond acceptors (Lipinski definition) is 3. The first kappa shape index (κ1) is 18.5. The molecular formula is C28H22N2S. The molecule has 0 spiro atoms. The summed E-state index contributed by atoms with van der Waals surface area (Å²) in [7, 11) is 0. The summed E-state index contributed by atoms with van der Waals surface area (Å²) >= 11 is 1.75. The Balaban J connectivity index is 1.68. The van der Waals surface area contributed by atoms with E-state index in [1.807, 2.05) is 0 Å². The molecule has 4 aromatic carbocycles. The zero-order valence-electron chi connectivity index (χ0n) is 17.8. The van der Waals surface area contributed by atoms with Crippen LogP contribution in [-0.2, 0) is 5.41 Å². The monoisotopic (exact) mass is 418 g/mol. The first-order valence-corrected chi connectivity index (χ1v) is 11.4. The second-order valence-corrected chi connectivity index (χ2v) is 10.2. The maximum atomic E-state index is 4.80. The highest BCUT2D eigenvalue weighted by Crippen LogP contribution is 2.41. The summed E-state index contributed by atoms with van der Waals surface area (Å²) in [5.74, 6) is 0. The van der Waals surface area contributed by atoms with E-state index in [1.165, 1.54) is 42.8 Å². The van der Waals surface area contributed by atoms with Gasteiger partial charge in [0.15, 0.2) is 0 Å². The molecule has 0 fully saturated rings. The highest BCUT2D eigenvalue weighted by Gasteiger charge is 2.18. The number of fused-ring (bicyclic) bond motifs is 5. The van der Waals surface area contributed by atoms with Gasteiger partial charge in [-0.15, -0.1) is 11.3 Å². The van der Waals surface area contributed by atoms with Gasteiger partial charge in [-0.1, -0.05) is 81.4 Å². The Morgan fingerprint density at radius 2 is 1.48 bits per heavy atom. The van der Waals surface area contributed by atoms with Gasteiger partial charge in [-0.25, -0.2) is 9.97 Å². The molecule has 0 saturated carbocycles. The minimum atomic E-state index is 0.122. The van der Waals surface area contributed by atoms with Crippen molar-refractivity contribution in [1.82, 2.24) is 9.97 Å².